The quantitative estimate of drug-likeness (QED) is 0.0573. The first-order chi connectivity index (χ1) is 30.0. The van der Waals surface area contributed by atoms with Gasteiger partial charge < -0.3 is 48.1 Å². The summed E-state index contributed by atoms with van der Waals surface area (Å²) in [7, 11) is 7.66. The van der Waals surface area contributed by atoms with Gasteiger partial charge in [-0.15, -0.1) is 0 Å². The number of nitrogens with zero attached hydrogens (tertiary/aromatic N) is 2. The van der Waals surface area contributed by atoms with Gasteiger partial charge in [0.05, 0.1) is 50.6 Å². The molecule has 64 heavy (non-hydrogen) atoms. The molecule has 3 heterocycles. The van der Waals surface area contributed by atoms with E-state index in [4.69, 9.17) is 33.1 Å². The molecule has 0 radical (unpaired) electrons. The van der Waals surface area contributed by atoms with Crippen LogP contribution in [0.3, 0.4) is 0 Å². The normalized spacial score (nSPS) is 28.9. The standard InChI is InChI=1S/C49H61N3O12/c1-24-15-14-16-25(2)48(58)51-40-43(56)37-36(39-46(40)63-35-23-32(17-18-33(35)50-39)60-22-20-52(10,11)12)38-45(30(7)42(37)55)64-49(9,47(38)57)61-21-19-34(59-13)29(6)44(62-31(8)53)28(5)26(3)27(4)41(24)54/h14-19,21,23-24,26-29,34,41,44,54H,20,22H2,1-13H3,(H-,50,51,55,56,57,58)/p+1/b15-14+,21-19+,25-16-/t24-,26+,27-,28+,29+,34-,41-,44-,49-/m0/s1. The molecule has 344 valence electrons. The van der Waals surface area contributed by atoms with Crippen LogP contribution < -0.4 is 20.2 Å². The summed E-state index contributed by atoms with van der Waals surface area (Å²) in [6.45, 7) is 16.6. The highest BCUT2D eigenvalue weighted by molar-refractivity contribution is 6.26. The number of esters is 1. The molecule has 1 amide bonds. The number of hydrogen-bond donors (Lipinski definition) is 3. The van der Waals surface area contributed by atoms with Gasteiger partial charge in [-0.3, -0.25) is 19.2 Å². The van der Waals surface area contributed by atoms with E-state index in [0.29, 0.717) is 22.4 Å². The summed E-state index contributed by atoms with van der Waals surface area (Å²) >= 11 is 0. The molecule has 3 N–H and O–H groups in total. The van der Waals surface area contributed by atoms with Crippen LogP contribution in [0.5, 0.6) is 17.2 Å². The van der Waals surface area contributed by atoms with Crippen molar-refractivity contribution in [2.75, 3.05) is 46.7 Å². The second kappa shape index (κ2) is 18.4. The van der Waals surface area contributed by atoms with E-state index in [1.165, 1.54) is 34.1 Å². The Morgan fingerprint density at radius 3 is 2.34 bits per heavy atom. The lowest BCUT2D eigenvalue weighted by Crippen LogP contribution is -2.43. The molecule has 4 bridgehead atoms. The number of ketones is 1. The number of hydrogen-bond acceptors (Lipinski definition) is 13. The lowest BCUT2D eigenvalue weighted by molar-refractivity contribution is -0.870. The van der Waals surface area contributed by atoms with Crippen LogP contribution in [0.2, 0.25) is 0 Å². The summed E-state index contributed by atoms with van der Waals surface area (Å²) in [5.74, 6) is -5.43. The highest BCUT2D eigenvalue weighted by atomic mass is 16.7. The number of phenols is 1. The molecule has 0 fully saturated rings. The number of anilines is 1. The van der Waals surface area contributed by atoms with E-state index in [0.717, 1.165) is 6.54 Å². The SMILES string of the molecule is CO[C@H]1/C=C/O[C@@]2(C)Oc3c(C)c(=O)c4c(O)c(c5oc6cc(OCC[N+](C)(C)C)ccc6nc5c4c3C2=O)NC(=O)/C(C)=C\C=C\[C@H](C)[C@H](O)[C@@H](C)[C@@H](C)[C@@H](C)[C@H](OC(C)=O)[C@@H]1C. The molecule has 1 aromatic heterocycles. The fourth-order valence-electron chi connectivity index (χ4n) is 8.53. The number of carbonyl (C=O) groups is 3. The van der Waals surface area contributed by atoms with E-state index in [1.807, 2.05) is 34.6 Å². The lowest BCUT2D eigenvalue weighted by atomic mass is 9.73. The number of amides is 1. The number of aromatic nitrogens is 1. The summed E-state index contributed by atoms with van der Waals surface area (Å²) in [6, 6.07) is 5.05. The number of allylic oxidation sites excluding steroid dienone is 2. The Balaban J connectivity index is 1.57. The zero-order valence-electron chi connectivity index (χ0n) is 39.0. The first-order valence-electron chi connectivity index (χ1n) is 21.6. The maximum absolute atomic E-state index is 14.7. The van der Waals surface area contributed by atoms with Crippen LogP contribution in [0.25, 0.3) is 33.0 Å². The molecule has 9 atom stereocenters. The lowest BCUT2D eigenvalue weighted by Gasteiger charge is -2.39. The van der Waals surface area contributed by atoms with Gasteiger partial charge in [0.15, 0.2) is 22.3 Å². The molecule has 0 aliphatic carbocycles. The Hall–Kier alpha value is -5.77. The number of fused-ring (bicyclic) bond motifs is 2. The van der Waals surface area contributed by atoms with Gasteiger partial charge >= 0.3 is 11.8 Å². The molecule has 0 unspecified atom stereocenters. The van der Waals surface area contributed by atoms with Crippen molar-refractivity contribution in [2.24, 2.45) is 29.6 Å². The molecule has 0 spiro atoms. The number of aromatic hydroxyl groups is 1. The van der Waals surface area contributed by atoms with Crippen molar-refractivity contribution in [1.29, 1.82) is 0 Å². The fraction of sp³-hybridized carbons (Fsp3) is 0.490. The zero-order valence-corrected chi connectivity index (χ0v) is 39.0. The van der Waals surface area contributed by atoms with Crippen LogP contribution in [-0.2, 0) is 23.8 Å². The van der Waals surface area contributed by atoms with Crippen LogP contribution in [0.15, 0.2) is 63.6 Å². The van der Waals surface area contributed by atoms with Gasteiger partial charge in [-0.05, 0) is 49.8 Å². The van der Waals surface area contributed by atoms with E-state index >= 15 is 0 Å². The molecule has 0 saturated heterocycles. The number of aliphatic hydroxyl groups excluding tert-OH is 1. The number of nitrogens with one attached hydrogen (secondary N) is 1. The van der Waals surface area contributed by atoms with Gasteiger partial charge in [0, 0.05) is 55.4 Å². The molecule has 6 rings (SSSR count). The number of ether oxygens (including phenoxy) is 5. The molecule has 15 nitrogen and oxygen atoms in total. The molecule has 3 aromatic carbocycles. The number of quaternary nitrogens is 1. The predicted octanol–water partition coefficient (Wildman–Crippen LogP) is 7.36. The molecule has 0 saturated carbocycles. The van der Waals surface area contributed by atoms with Gasteiger partial charge in [-0.25, -0.2) is 4.98 Å². The second-order valence-electron chi connectivity index (χ2n) is 18.6. The summed E-state index contributed by atoms with van der Waals surface area (Å²) in [6.07, 6.45) is 5.76. The number of benzene rings is 3. The van der Waals surface area contributed by atoms with Gasteiger partial charge in [-0.1, -0.05) is 52.8 Å². The largest absolute Gasteiger partial charge is 0.505 e. The van der Waals surface area contributed by atoms with Crippen molar-refractivity contribution < 1.29 is 57.2 Å². The molecular formula is C49H62N3O12+. The maximum Gasteiger partial charge on any atom is 0.312 e. The number of methoxy groups -OCH3 is 1. The van der Waals surface area contributed by atoms with Crippen LogP contribution >= 0.6 is 0 Å². The third-order valence-electron chi connectivity index (χ3n) is 12.9. The average Bonchev–Trinajstić information content (AvgIpc) is 3.50. The molecule has 2 aliphatic rings. The highest BCUT2D eigenvalue weighted by Crippen LogP contribution is 2.48. The van der Waals surface area contributed by atoms with Crippen molar-refractivity contribution in [3.8, 4) is 17.2 Å². The molecular weight excluding hydrogens is 823 g/mol. The van der Waals surface area contributed by atoms with Crippen molar-refractivity contribution >= 4 is 56.3 Å². The predicted molar refractivity (Wildman–Crippen MR) is 243 cm³/mol. The Bertz CT molecular complexity index is 2640. The van der Waals surface area contributed by atoms with Crippen molar-refractivity contribution in [2.45, 2.75) is 86.4 Å². The van der Waals surface area contributed by atoms with E-state index in [9.17, 15) is 29.4 Å². The second-order valence-corrected chi connectivity index (χ2v) is 18.6. The third-order valence-corrected chi connectivity index (χ3v) is 12.9. The number of phenolic OH excluding ortho intramolecular Hbond substituents is 1. The Labute approximate surface area is 373 Å². The van der Waals surface area contributed by atoms with E-state index in [2.05, 4.69) is 26.5 Å². The number of Topliss-reactive ketones (excluding diaryl/α,β-unsaturated/α-hetero) is 1. The Kier molecular flexibility index (Phi) is 13.7. The van der Waals surface area contributed by atoms with Crippen molar-refractivity contribution in [3.05, 3.63) is 75.7 Å². The summed E-state index contributed by atoms with van der Waals surface area (Å²) in [5.41, 5.74) is -0.284. The van der Waals surface area contributed by atoms with Gasteiger partial charge in [0.1, 0.15) is 47.5 Å². The maximum atomic E-state index is 14.7. The van der Waals surface area contributed by atoms with Crippen molar-refractivity contribution in [3.63, 3.8) is 0 Å². The first-order valence-corrected chi connectivity index (χ1v) is 21.6. The molecule has 4 aromatic rings. The Morgan fingerprint density at radius 2 is 1.69 bits per heavy atom. The van der Waals surface area contributed by atoms with Gasteiger partial charge in [-0.2, -0.15) is 0 Å². The van der Waals surface area contributed by atoms with Gasteiger partial charge in [0.25, 0.3) is 11.7 Å². The van der Waals surface area contributed by atoms with Crippen LogP contribution in [0.1, 0.15) is 71.3 Å². The van der Waals surface area contributed by atoms with E-state index in [-0.39, 0.29) is 79.3 Å². The minimum absolute atomic E-state index is 0.000411. The van der Waals surface area contributed by atoms with Gasteiger partial charge in [0.2, 0.25) is 0 Å². The number of likely N-dealkylation sites (N-methyl/N-ethyl adjacent to an activating group) is 1. The minimum Gasteiger partial charge on any atom is -0.505 e. The van der Waals surface area contributed by atoms with Crippen LogP contribution in [0.4, 0.5) is 5.69 Å². The van der Waals surface area contributed by atoms with Crippen molar-refractivity contribution in [1.82, 2.24) is 4.98 Å². The smallest absolute Gasteiger partial charge is 0.312 e. The summed E-state index contributed by atoms with van der Waals surface area (Å²) < 4.78 is 37.4. The zero-order chi connectivity index (χ0) is 47.2. The summed E-state index contributed by atoms with van der Waals surface area (Å²) in [5, 5.41) is 26.1. The number of carbonyl (C=O) groups excluding carboxylic acids is 3. The average molecular weight is 885 g/mol. The minimum atomic E-state index is -2.00. The number of aliphatic hydroxyl groups is 1. The monoisotopic (exact) mass is 884 g/mol. The first kappa shape index (κ1) is 47.7. The number of rotatable bonds is 6. The van der Waals surface area contributed by atoms with E-state index in [1.54, 1.807) is 49.4 Å². The Morgan fingerprint density at radius 1 is 0.984 bits per heavy atom. The van der Waals surface area contributed by atoms with E-state index < -0.39 is 58.9 Å². The highest BCUT2D eigenvalue weighted by Gasteiger charge is 2.49. The van der Waals surface area contributed by atoms with Crippen LogP contribution in [-0.4, -0.2) is 103 Å². The molecule has 15 heteroatoms. The fourth-order valence-corrected chi connectivity index (χ4v) is 8.53. The van der Waals surface area contributed by atoms with Crippen LogP contribution in [0, 0.1) is 36.5 Å². The molecule has 2 aliphatic heterocycles. The topological polar surface area (TPSA) is 193 Å². The third kappa shape index (κ3) is 9.24. The summed E-state index contributed by atoms with van der Waals surface area (Å²) in [4.78, 5) is 60.4.